The highest BCUT2D eigenvalue weighted by Gasteiger charge is 2.30. The zero-order valence-corrected chi connectivity index (χ0v) is 17.0. The van der Waals surface area contributed by atoms with Crippen LogP contribution >= 0.6 is 0 Å². The molecule has 0 atom stereocenters. The molecular weight excluding hydrogens is 407 g/mol. The van der Waals surface area contributed by atoms with E-state index in [2.05, 4.69) is 25.9 Å². The fourth-order valence-corrected chi connectivity index (χ4v) is 2.90. The third-order valence-electron chi connectivity index (χ3n) is 4.25. The van der Waals surface area contributed by atoms with Crippen molar-refractivity contribution in [2.75, 3.05) is 22.5 Å². The summed E-state index contributed by atoms with van der Waals surface area (Å²) in [6, 6.07) is 13.5. The Labute approximate surface area is 177 Å². The second-order valence-electron chi connectivity index (χ2n) is 6.87. The maximum atomic E-state index is 12.8. The summed E-state index contributed by atoms with van der Waals surface area (Å²) in [6.07, 6.45) is -4.60. The van der Waals surface area contributed by atoms with Crippen molar-refractivity contribution in [3.63, 3.8) is 0 Å². The number of hydrogen-bond acceptors (Lipinski definition) is 5. The van der Waals surface area contributed by atoms with Crippen molar-refractivity contribution in [3.05, 3.63) is 71.4 Å². The molecule has 0 saturated carbocycles. The Morgan fingerprint density at radius 2 is 1.71 bits per heavy atom. The number of carbonyl (C=O) groups excluding carboxylic acids is 1. The second kappa shape index (κ2) is 9.46. The maximum Gasteiger partial charge on any atom is 0.416 e. The molecule has 0 aliphatic rings. The Kier molecular flexibility index (Phi) is 6.74. The average Bonchev–Trinajstić information content (AvgIpc) is 2.69. The molecule has 0 saturated heterocycles. The molecule has 9 heteroatoms. The minimum atomic E-state index is -4.44. The lowest BCUT2D eigenvalue weighted by Gasteiger charge is -2.11. The molecule has 1 amide bonds. The second-order valence-corrected chi connectivity index (χ2v) is 6.87. The molecule has 0 spiro atoms. The van der Waals surface area contributed by atoms with Gasteiger partial charge in [0.15, 0.2) is 0 Å². The van der Waals surface area contributed by atoms with E-state index in [-0.39, 0.29) is 6.42 Å². The summed E-state index contributed by atoms with van der Waals surface area (Å²) in [7, 11) is 0. The molecule has 3 aromatic rings. The SMILES string of the molecule is CCNc1nc(C)cc(Nc2ccc(NC(=O)Cc3cccc(C(F)(F)F)c3)cc2)n1. The number of hydrogen-bond donors (Lipinski definition) is 3. The Morgan fingerprint density at radius 1 is 1.00 bits per heavy atom. The summed E-state index contributed by atoms with van der Waals surface area (Å²) < 4.78 is 38.4. The van der Waals surface area contributed by atoms with E-state index in [0.717, 1.165) is 23.5 Å². The van der Waals surface area contributed by atoms with Crippen molar-refractivity contribution < 1.29 is 18.0 Å². The van der Waals surface area contributed by atoms with Crippen molar-refractivity contribution in [1.82, 2.24) is 9.97 Å². The lowest BCUT2D eigenvalue weighted by atomic mass is 10.1. The first-order valence-electron chi connectivity index (χ1n) is 9.65. The summed E-state index contributed by atoms with van der Waals surface area (Å²) in [6.45, 7) is 4.54. The van der Waals surface area contributed by atoms with Gasteiger partial charge in [-0.15, -0.1) is 0 Å². The lowest BCUT2D eigenvalue weighted by Crippen LogP contribution is -2.15. The molecule has 0 aliphatic heterocycles. The van der Waals surface area contributed by atoms with Crippen LogP contribution in [0.25, 0.3) is 0 Å². The van der Waals surface area contributed by atoms with Crippen LogP contribution in [-0.2, 0) is 17.4 Å². The summed E-state index contributed by atoms with van der Waals surface area (Å²) in [4.78, 5) is 20.9. The van der Waals surface area contributed by atoms with Gasteiger partial charge in [0.25, 0.3) is 0 Å². The topological polar surface area (TPSA) is 78.9 Å². The number of amides is 1. The number of rotatable bonds is 7. The number of anilines is 4. The van der Waals surface area contributed by atoms with E-state index in [1.165, 1.54) is 12.1 Å². The Bertz CT molecular complexity index is 1050. The fraction of sp³-hybridized carbons (Fsp3) is 0.227. The predicted molar refractivity (Wildman–Crippen MR) is 114 cm³/mol. The predicted octanol–water partition coefficient (Wildman–Crippen LogP) is 5.16. The molecule has 0 aliphatic carbocycles. The number of alkyl halides is 3. The summed E-state index contributed by atoms with van der Waals surface area (Å²) in [5.74, 6) is 0.759. The van der Waals surface area contributed by atoms with Crippen LogP contribution < -0.4 is 16.0 Å². The fourth-order valence-electron chi connectivity index (χ4n) is 2.90. The highest BCUT2D eigenvalue weighted by Crippen LogP contribution is 2.29. The highest BCUT2D eigenvalue weighted by atomic mass is 19.4. The van der Waals surface area contributed by atoms with E-state index in [1.54, 1.807) is 24.3 Å². The van der Waals surface area contributed by atoms with Crippen molar-refractivity contribution in [1.29, 1.82) is 0 Å². The van der Waals surface area contributed by atoms with Gasteiger partial charge < -0.3 is 16.0 Å². The minimum absolute atomic E-state index is 0.155. The van der Waals surface area contributed by atoms with Gasteiger partial charge in [-0.2, -0.15) is 18.2 Å². The van der Waals surface area contributed by atoms with Crippen LogP contribution in [0.3, 0.4) is 0 Å². The quantitative estimate of drug-likeness (QED) is 0.484. The largest absolute Gasteiger partial charge is 0.416 e. The molecule has 3 N–H and O–H groups in total. The van der Waals surface area contributed by atoms with E-state index in [1.807, 2.05) is 19.9 Å². The third-order valence-corrected chi connectivity index (χ3v) is 4.25. The number of halogens is 3. The Morgan fingerprint density at radius 3 is 2.39 bits per heavy atom. The zero-order valence-electron chi connectivity index (χ0n) is 17.0. The summed E-state index contributed by atoms with van der Waals surface area (Å²) in [5, 5.41) is 8.93. The van der Waals surface area contributed by atoms with Crippen LogP contribution in [0, 0.1) is 6.92 Å². The number of nitrogens with one attached hydrogen (secondary N) is 3. The van der Waals surface area contributed by atoms with E-state index < -0.39 is 17.6 Å². The molecule has 162 valence electrons. The molecular formula is C22H22F3N5O. The highest BCUT2D eigenvalue weighted by molar-refractivity contribution is 5.92. The van der Waals surface area contributed by atoms with Gasteiger partial charge in [-0.3, -0.25) is 4.79 Å². The zero-order chi connectivity index (χ0) is 22.4. The van der Waals surface area contributed by atoms with E-state index >= 15 is 0 Å². The van der Waals surface area contributed by atoms with E-state index in [0.29, 0.717) is 29.6 Å². The third kappa shape index (κ3) is 6.43. The first-order valence-corrected chi connectivity index (χ1v) is 9.65. The molecule has 31 heavy (non-hydrogen) atoms. The molecule has 1 heterocycles. The number of carbonyl (C=O) groups is 1. The van der Waals surface area contributed by atoms with Gasteiger partial charge in [0, 0.05) is 29.7 Å². The van der Waals surface area contributed by atoms with Crippen molar-refractivity contribution >= 4 is 29.0 Å². The monoisotopic (exact) mass is 429 g/mol. The number of aryl methyl sites for hydroxylation is 1. The molecule has 2 aromatic carbocycles. The lowest BCUT2D eigenvalue weighted by molar-refractivity contribution is -0.137. The molecule has 0 unspecified atom stereocenters. The van der Waals surface area contributed by atoms with E-state index in [9.17, 15) is 18.0 Å². The number of aromatic nitrogens is 2. The molecule has 3 rings (SSSR count). The van der Waals surface area contributed by atoms with Crippen LogP contribution in [0.1, 0.15) is 23.7 Å². The molecule has 0 bridgehead atoms. The molecule has 6 nitrogen and oxygen atoms in total. The number of nitrogens with zero attached hydrogens (tertiary/aromatic N) is 2. The van der Waals surface area contributed by atoms with Crippen LogP contribution in [0.4, 0.5) is 36.3 Å². The van der Waals surface area contributed by atoms with Gasteiger partial charge in [0.2, 0.25) is 11.9 Å². The number of benzene rings is 2. The van der Waals surface area contributed by atoms with Crippen LogP contribution in [0.5, 0.6) is 0 Å². The smallest absolute Gasteiger partial charge is 0.354 e. The molecule has 1 aromatic heterocycles. The van der Waals surface area contributed by atoms with Gasteiger partial charge in [-0.05, 0) is 49.7 Å². The first kappa shape index (κ1) is 22.1. The molecule has 0 fully saturated rings. The van der Waals surface area contributed by atoms with Crippen molar-refractivity contribution in [3.8, 4) is 0 Å². The molecule has 0 radical (unpaired) electrons. The van der Waals surface area contributed by atoms with Gasteiger partial charge >= 0.3 is 6.18 Å². The maximum absolute atomic E-state index is 12.8. The van der Waals surface area contributed by atoms with E-state index in [4.69, 9.17) is 0 Å². The van der Waals surface area contributed by atoms with Crippen LogP contribution in [0.2, 0.25) is 0 Å². The first-order chi connectivity index (χ1) is 14.7. The van der Waals surface area contributed by atoms with Crippen LogP contribution in [0.15, 0.2) is 54.6 Å². The minimum Gasteiger partial charge on any atom is -0.354 e. The Balaban J connectivity index is 1.61. The van der Waals surface area contributed by atoms with Gasteiger partial charge in [0.05, 0.1) is 12.0 Å². The van der Waals surface area contributed by atoms with Crippen molar-refractivity contribution in [2.45, 2.75) is 26.4 Å². The van der Waals surface area contributed by atoms with Crippen LogP contribution in [-0.4, -0.2) is 22.4 Å². The summed E-state index contributed by atoms with van der Waals surface area (Å²) >= 11 is 0. The van der Waals surface area contributed by atoms with Gasteiger partial charge in [-0.1, -0.05) is 18.2 Å². The van der Waals surface area contributed by atoms with Gasteiger partial charge in [0.1, 0.15) is 5.82 Å². The van der Waals surface area contributed by atoms with Crippen molar-refractivity contribution in [2.24, 2.45) is 0 Å². The normalized spacial score (nSPS) is 11.1. The summed E-state index contributed by atoms with van der Waals surface area (Å²) in [5.41, 5.74) is 1.63. The Hall–Kier alpha value is -3.62. The average molecular weight is 429 g/mol. The standard InChI is InChI=1S/C22H22F3N5O/c1-3-26-21-27-14(2)11-19(30-21)28-17-7-9-18(10-8-17)29-20(31)13-15-5-4-6-16(12-15)22(23,24)25/h4-12H,3,13H2,1-2H3,(H,29,31)(H2,26,27,28,30). The van der Waals surface area contributed by atoms with Gasteiger partial charge in [-0.25, -0.2) is 4.98 Å².